The highest BCUT2D eigenvalue weighted by Crippen LogP contribution is 2.30. The van der Waals surface area contributed by atoms with Crippen LogP contribution in [0.15, 0.2) is 67.0 Å². The normalized spacial score (nSPS) is 12.3. The first-order valence-electron chi connectivity index (χ1n) is 11.2. The number of hydrogen-bond acceptors (Lipinski definition) is 6. The van der Waals surface area contributed by atoms with Crippen molar-refractivity contribution in [3.8, 4) is 17.1 Å². The Morgan fingerprint density at radius 2 is 1.97 bits per heavy atom. The summed E-state index contributed by atoms with van der Waals surface area (Å²) in [5.41, 5.74) is 9.00. The molecule has 1 unspecified atom stereocenters. The fraction of sp³-hybridized carbons (Fsp3) is 0.154. The molecule has 1 atom stereocenters. The van der Waals surface area contributed by atoms with Crippen LogP contribution < -0.4 is 16.4 Å². The van der Waals surface area contributed by atoms with Crippen LogP contribution in [0.3, 0.4) is 0 Å². The summed E-state index contributed by atoms with van der Waals surface area (Å²) in [6, 6.07) is 15.5. The molecule has 1 aromatic carbocycles. The van der Waals surface area contributed by atoms with Crippen LogP contribution in [0.25, 0.3) is 22.6 Å². The topological polar surface area (TPSA) is 111 Å². The summed E-state index contributed by atoms with van der Waals surface area (Å²) in [7, 11) is 1.52. The first-order chi connectivity index (χ1) is 17.3. The van der Waals surface area contributed by atoms with Crippen LogP contribution in [0.1, 0.15) is 29.9 Å². The zero-order valence-electron chi connectivity index (χ0n) is 20.0. The SMILES string of the molecule is CNC(=O)C(=CN)c1cc(-c2cc(NC(C)c3cccc(Cl)c3F)nn2-c2cccc(C)n2)ccn1. The third-order valence-corrected chi connectivity index (χ3v) is 5.87. The number of carbonyl (C=O) groups is 1. The van der Waals surface area contributed by atoms with Crippen LogP contribution >= 0.6 is 11.6 Å². The van der Waals surface area contributed by atoms with E-state index in [0.717, 1.165) is 11.3 Å². The van der Waals surface area contributed by atoms with Gasteiger partial charge >= 0.3 is 0 Å². The third kappa shape index (κ3) is 5.06. The molecule has 10 heteroatoms. The Morgan fingerprint density at radius 1 is 1.19 bits per heavy atom. The van der Waals surface area contributed by atoms with Gasteiger partial charge in [-0.2, -0.15) is 0 Å². The first kappa shape index (κ1) is 24.9. The quantitative estimate of drug-likeness (QED) is 0.315. The van der Waals surface area contributed by atoms with Gasteiger partial charge in [-0.25, -0.2) is 14.1 Å². The Bertz CT molecular complexity index is 1450. The maximum absolute atomic E-state index is 14.6. The van der Waals surface area contributed by atoms with E-state index < -0.39 is 11.9 Å². The Morgan fingerprint density at radius 3 is 2.69 bits per heavy atom. The number of carbonyl (C=O) groups excluding carboxylic acids is 1. The molecule has 0 radical (unpaired) electrons. The summed E-state index contributed by atoms with van der Waals surface area (Å²) in [6.45, 7) is 3.71. The number of anilines is 1. The van der Waals surface area contributed by atoms with Crippen molar-refractivity contribution >= 4 is 28.9 Å². The second-order valence-corrected chi connectivity index (χ2v) is 8.47. The van der Waals surface area contributed by atoms with Crippen LogP contribution in [0.4, 0.5) is 10.2 Å². The molecule has 8 nitrogen and oxygen atoms in total. The second-order valence-electron chi connectivity index (χ2n) is 8.06. The fourth-order valence-corrected chi connectivity index (χ4v) is 3.96. The van der Waals surface area contributed by atoms with Gasteiger partial charge < -0.3 is 16.4 Å². The Labute approximate surface area is 213 Å². The summed E-state index contributed by atoms with van der Waals surface area (Å²) < 4.78 is 16.3. The Balaban J connectivity index is 1.79. The number of halogens is 2. The molecule has 0 aliphatic heterocycles. The summed E-state index contributed by atoms with van der Waals surface area (Å²) in [5, 5.41) is 10.6. The minimum absolute atomic E-state index is 0.0560. The molecular weight excluding hydrogens is 481 g/mol. The molecule has 184 valence electrons. The molecule has 36 heavy (non-hydrogen) atoms. The van der Waals surface area contributed by atoms with Crippen molar-refractivity contribution in [2.45, 2.75) is 19.9 Å². The number of amides is 1. The van der Waals surface area contributed by atoms with Crippen molar-refractivity contribution < 1.29 is 9.18 Å². The maximum atomic E-state index is 14.6. The fourth-order valence-electron chi connectivity index (χ4n) is 3.78. The number of aryl methyl sites for hydroxylation is 1. The average molecular weight is 506 g/mol. The van der Waals surface area contributed by atoms with Crippen LogP contribution in [0, 0.1) is 12.7 Å². The van der Waals surface area contributed by atoms with E-state index in [1.807, 2.05) is 38.1 Å². The van der Waals surface area contributed by atoms with Crippen LogP contribution in [-0.2, 0) is 4.79 Å². The number of nitrogens with zero attached hydrogens (tertiary/aromatic N) is 4. The van der Waals surface area contributed by atoms with E-state index in [1.165, 1.54) is 19.3 Å². The largest absolute Gasteiger partial charge is 0.404 e. The maximum Gasteiger partial charge on any atom is 0.254 e. The minimum Gasteiger partial charge on any atom is -0.404 e. The number of aromatic nitrogens is 4. The number of nitrogens with one attached hydrogen (secondary N) is 2. The monoisotopic (exact) mass is 505 g/mol. The number of pyridine rings is 2. The van der Waals surface area contributed by atoms with E-state index in [2.05, 4.69) is 20.6 Å². The van der Waals surface area contributed by atoms with E-state index in [9.17, 15) is 9.18 Å². The van der Waals surface area contributed by atoms with Gasteiger partial charge in [0.1, 0.15) is 11.6 Å². The molecule has 4 aromatic rings. The van der Waals surface area contributed by atoms with Crippen LogP contribution in [0.2, 0.25) is 5.02 Å². The van der Waals surface area contributed by atoms with Crippen LogP contribution in [0.5, 0.6) is 0 Å². The van der Waals surface area contributed by atoms with Gasteiger partial charge in [0.2, 0.25) is 0 Å². The summed E-state index contributed by atoms with van der Waals surface area (Å²) >= 11 is 5.97. The highest BCUT2D eigenvalue weighted by molar-refractivity contribution is 6.30. The molecule has 0 fully saturated rings. The smallest absolute Gasteiger partial charge is 0.254 e. The van der Waals surface area contributed by atoms with E-state index >= 15 is 0 Å². The van der Waals surface area contributed by atoms with Crippen molar-refractivity contribution in [3.05, 3.63) is 94.8 Å². The zero-order valence-corrected chi connectivity index (χ0v) is 20.7. The van der Waals surface area contributed by atoms with Gasteiger partial charge in [0, 0.05) is 42.3 Å². The lowest BCUT2D eigenvalue weighted by Gasteiger charge is -2.15. The van der Waals surface area contributed by atoms with Gasteiger partial charge in [-0.05, 0) is 44.2 Å². The molecule has 0 bridgehead atoms. The number of nitrogens with two attached hydrogens (primary N) is 1. The van der Waals surface area contributed by atoms with Gasteiger partial charge in [-0.15, -0.1) is 5.10 Å². The molecule has 4 rings (SSSR count). The molecule has 0 aliphatic carbocycles. The van der Waals surface area contributed by atoms with Gasteiger partial charge in [-0.1, -0.05) is 29.8 Å². The second kappa shape index (κ2) is 10.6. The van der Waals surface area contributed by atoms with Gasteiger partial charge in [0.05, 0.1) is 28.0 Å². The van der Waals surface area contributed by atoms with Crippen molar-refractivity contribution in [2.75, 3.05) is 12.4 Å². The molecule has 0 spiro atoms. The minimum atomic E-state index is -0.478. The molecular formula is C26H25ClFN7O. The van der Waals surface area contributed by atoms with Gasteiger partial charge in [-0.3, -0.25) is 9.78 Å². The molecule has 4 N–H and O–H groups in total. The highest BCUT2D eigenvalue weighted by atomic mass is 35.5. The molecule has 0 saturated heterocycles. The summed E-state index contributed by atoms with van der Waals surface area (Å²) in [6.07, 6.45) is 2.81. The lowest BCUT2D eigenvalue weighted by atomic mass is 10.1. The molecule has 3 heterocycles. The van der Waals surface area contributed by atoms with Crippen LogP contribution in [-0.4, -0.2) is 32.7 Å². The molecule has 0 aliphatic rings. The first-order valence-corrected chi connectivity index (χ1v) is 11.6. The van der Waals surface area contributed by atoms with E-state index in [0.29, 0.717) is 28.6 Å². The van der Waals surface area contributed by atoms with Crippen molar-refractivity contribution in [1.29, 1.82) is 0 Å². The standard InChI is InChI=1S/C26H25ClFN7O/c1-15-6-4-9-24(32-15)35-22(17-10-11-31-21(12-17)19(14-29)26(36)30-3)13-23(34-35)33-16(2)18-7-5-8-20(27)25(18)28/h4-14,16H,29H2,1-3H3,(H,30,36)(H,33,34). The van der Waals surface area contributed by atoms with E-state index in [1.54, 1.807) is 35.1 Å². The van der Waals surface area contributed by atoms with E-state index in [4.69, 9.17) is 22.4 Å². The Hall–Kier alpha value is -4.24. The number of likely N-dealkylation sites (N-methyl/N-ethyl adjacent to an activating group) is 1. The van der Waals surface area contributed by atoms with Gasteiger partial charge in [0.15, 0.2) is 5.82 Å². The summed E-state index contributed by atoms with van der Waals surface area (Å²) in [4.78, 5) is 21.2. The van der Waals surface area contributed by atoms with Crippen molar-refractivity contribution in [1.82, 2.24) is 25.1 Å². The zero-order chi connectivity index (χ0) is 25.8. The summed E-state index contributed by atoms with van der Waals surface area (Å²) in [5.74, 6) is 0.266. The van der Waals surface area contributed by atoms with Crippen molar-refractivity contribution in [3.63, 3.8) is 0 Å². The van der Waals surface area contributed by atoms with Crippen molar-refractivity contribution in [2.24, 2.45) is 5.73 Å². The predicted molar refractivity (Wildman–Crippen MR) is 139 cm³/mol. The lowest BCUT2D eigenvalue weighted by molar-refractivity contribution is -0.115. The predicted octanol–water partition coefficient (Wildman–Crippen LogP) is 4.65. The average Bonchev–Trinajstić information content (AvgIpc) is 3.30. The lowest BCUT2D eigenvalue weighted by Crippen LogP contribution is -2.20. The Kier molecular flexibility index (Phi) is 7.30. The molecule has 3 aromatic heterocycles. The highest BCUT2D eigenvalue weighted by Gasteiger charge is 2.19. The molecule has 0 saturated carbocycles. The number of benzene rings is 1. The number of rotatable bonds is 7. The molecule has 1 amide bonds. The van der Waals surface area contributed by atoms with E-state index in [-0.39, 0.29) is 16.5 Å². The van der Waals surface area contributed by atoms with Gasteiger partial charge in [0.25, 0.3) is 5.91 Å². The number of hydrogen-bond donors (Lipinski definition) is 3. The third-order valence-electron chi connectivity index (χ3n) is 5.58.